The smallest absolute Gasteiger partial charge is 0.262 e. The van der Waals surface area contributed by atoms with E-state index in [1.807, 2.05) is 69.3 Å². The van der Waals surface area contributed by atoms with Crippen molar-refractivity contribution in [3.05, 3.63) is 118 Å². The third-order valence-electron chi connectivity index (χ3n) is 9.61. The van der Waals surface area contributed by atoms with E-state index < -0.39 is 5.54 Å². The van der Waals surface area contributed by atoms with Crippen molar-refractivity contribution < 1.29 is 28.7 Å². The highest BCUT2D eigenvalue weighted by atomic mass is 16.5. The maximum absolute atomic E-state index is 13.3. The third kappa shape index (κ3) is 5.04. The first-order valence-corrected chi connectivity index (χ1v) is 15.4. The monoisotopic (exact) mass is 616 g/mol. The number of amides is 4. The van der Waals surface area contributed by atoms with Crippen molar-refractivity contribution in [1.82, 2.24) is 9.80 Å². The molecule has 0 spiro atoms. The van der Waals surface area contributed by atoms with Crippen molar-refractivity contribution in [1.29, 1.82) is 0 Å². The molecule has 0 atom stereocenters. The van der Waals surface area contributed by atoms with Gasteiger partial charge in [-0.15, -0.1) is 0 Å². The molecule has 0 aromatic heterocycles. The molecule has 4 aromatic rings. The summed E-state index contributed by atoms with van der Waals surface area (Å²) >= 11 is 0. The topological polar surface area (TPSA) is 93.2 Å². The van der Waals surface area contributed by atoms with Gasteiger partial charge in [-0.2, -0.15) is 0 Å². The van der Waals surface area contributed by atoms with E-state index in [1.54, 1.807) is 36.4 Å². The average molecular weight is 617 g/mol. The molecule has 2 heterocycles. The van der Waals surface area contributed by atoms with Gasteiger partial charge in [0.25, 0.3) is 23.6 Å². The summed E-state index contributed by atoms with van der Waals surface area (Å²) in [7, 11) is 1.47. The minimum Gasteiger partial charge on any atom is -0.457 e. The molecule has 2 aliphatic rings. The van der Waals surface area contributed by atoms with Crippen LogP contribution in [0.4, 0.5) is 0 Å². The van der Waals surface area contributed by atoms with Gasteiger partial charge in [0.2, 0.25) is 0 Å². The Morgan fingerprint density at radius 2 is 0.891 bits per heavy atom. The van der Waals surface area contributed by atoms with Crippen molar-refractivity contribution in [2.24, 2.45) is 0 Å². The third-order valence-corrected chi connectivity index (χ3v) is 9.61. The summed E-state index contributed by atoms with van der Waals surface area (Å²) < 4.78 is 12.1. The fraction of sp³-hybridized carbons (Fsp3) is 0.263. The lowest BCUT2D eigenvalue weighted by atomic mass is 9.78. The van der Waals surface area contributed by atoms with Crippen molar-refractivity contribution in [3.8, 4) is 23.0 Å². The maximum Gasteiger partial charge on any atom is 0.262 e. The number of hydrogen-bond acceptors (Lipinski definition) is 6. The Kier molecular flexibility index (Phi) is 7.55. The van der Waals surface area contributed by atoms with Crippen LogP contribution in [0.15, 0.2) is 84.9 Å². The summed E-state index contributed by atoms with van der Waals surface area (Å²) in [6, 6.07) is 25.5. The Morgan fingerprint density at radius 1 is 0.522 bits per heavy atom. The molecule has 0 aliphatic carbocycles. The van der Waals surface area contributed by atoms with Gasteiger partial charge in [-0.1, -0.05) is 52.0 Å². The van der Waals surface area contributed by atoms with Crippen LogP contribution in [0.2, 0.25) is 0 Å². The van der Waals surface area contributed by atoms with Gasteiger partial charge >= 0.3 is 0 Å². The molecule has 0 unspecified atom stereocenters. The summed E-state index contributed by atoms with van der Waals surface area (Å²) in [5, 5.41) is 0. The Bertz CT molecular complexity index is 1890. The molecule has 0 N–H and O–H groups in total. The standard InChI is InChI=1S/C38H36N2O6/c1-7-38(5,8-2)40-35(43)30-20-18-28(22-32(30)36(40)44)46-26-15-11-24(12-16-26)37(3,4)23-9-13-25(14-10-23)45-27-17-19-29-31(21-27)34(42)39(6)33(29)41/h9-22H,7-8H2,1-6H3. The van der Waals surface area contributed by atoms with Gasteiger partial charge < -0.3 is 9.47 Å². The van der Waals surface area contributed by atoms with Gasteiger partial charge in [-0.05, 0) is 91.6 Å². The zero-order valence-corrected chi connectivity index (χ0v) is 26.8. The van der Waals surface area contributed by atoms with E-state index in [9.17, 15) is 19.2 Å². The van der Waals surface area contributed by atoms with E-state index in [0.29, 0.717) is 58.1 Å². The molecule has 4 aromatic carbocycles. The Morgan fingerprint density at radius 3 is 1.35 bits per heavy atom. The molecule has 234 valence electrons. The molecule has 0 bridgehead atoms. The highest BCUT2D eigenvalue weighted by Gasteiger charge is 2.45. The Hall–Kier alpha value is -5.24. The number of nitrogens with zero attached hydrogens (tertiary/aromatic N) is 2. The van der Waals surface area contributed by atoms with Crippen LogP contribution in [0.3, 0.4) is 0 Å². The van der Waals surface area contributed by atoms with Gasteiger partial charge in [0.05, 0.1) is 22.3 Å². The molecule has 0 saturated carbocycles. The van der Waals surface area contributed by atoms with Crippen LogP contribution in [-0.2, 0) is 5.41 Å². The SMILES string of the molecule is CCC(C)(CC)N1C(=O)c2ccc(Oc3ccc(C(C)(C)c4ccc(Oc5ccc6c(c5)C(=O)N(C)C6=O)cc4)cc3)cc2C1=O. The lowest BCUT2D eigenvalue weighted by Gasteiger charge is -2.35. The predicted octanol–water partition coefficient (Wildman–Crippen LogP) is 8.00. The number of carbonyl (C=O) groups excluding carboxylic acids is 4. The van der Waals surface area contributed by atoms with E-state index in [0.717, 1.165) is 16.0 Å². The first kappa shape index (κ1) is 30.8. The van der Waals surface area contributed by atoms with Crippen LogP contribution in [0.5, 0.6) is 23.0 Å². The predicted molar refractivity (Wildman–Crippen MR) is 174 cm³/mol. The average Bonchev–Trinajstić information content (AvgIpc) is 3.44. The zero-order valence-electron chi connectivity index (χ0n) is 26.8. The molecule has 4 amide bonds. The zero-order chi connectivity index (χ0) is 33.0. The minimum atomic E-state index is -0.534. The lowest BCUT2D eigenvalue weighted by molar-refractivity contribution is 0.0433. The fourth-order valence-electron chi connectivity index (χ4n) is 6.06. The quantitative estimate of drug-likeness (QED) is 0.177. The van der Waals surface area contributed by atoms with E-state index in [-0.39, 0.29) is 29.0 Å². The molecule has 6 rings (SSSR count). The highest BCUT2D eigenvalue weighted by Crippen LogP contribution is 2.38. The summed E-state index contributed by atoms with van der Waals surface area (Å²) in [6.07, 6.45) is 1.36. The Balaban J connectivity index is 1.14. The number of imide groups is 2. The van der Waals surface area contributed by atoms with Crippen molar-refractivity contribution in [2.75, 3.05) is 7.05 Å². The minimum absolute atomic E-state index is 0.255. The van der Waals surface area contributed by atoms with Gasteiger partial charge in [0, 0.05) is 18.0 Å². The fourth-order valence-corrected chi connectivity index (χ4v) is 6.06. The van der Waals surface area contributed by atoms with E-state index in [1.165, 1.54) is 11.9 Å². The number of hydrogen-bond donors (Lipinski definition) is 0. The molecule has 2 aliphatic heterocycles. The van der Waals surface area contributed by atoms with Crippen LogP contribution in [0.25, 0.3) is 0 Å². The Labute approximate surface area is 268 Å². The number of carbonyl (C=O) groups is 4. The van der Waals surface area contributed by atoms with Crippen LogP contribution in [-0.4, -0.2) is 46.0 Å². The van der Waals surface area contributed by atoms with E-state index in [2.05, 4.69) is 13.8 Å². The lowest BCUT2D eigenvalue weighted by Crippen LogP contribution is -2.48. The second-order valence-electron chi connectivity index (χ2n) is 12.6. The molecular formula is C38H36N2O6. The summed E-state index contributed by atoms with van der Waals surface area (Å²) in [4.78, 5) is 53.4. The number of fused-ring (bicyclic) bond motifs is 2. The molecule has 0 fully saturated rings. The second-order valence-corrected chi connectivity index (χ2v) is 12.6. The number of ether oxygens (including phenoxy) is 2. The van der Waals surface area contributed by atoms with Crippen LogP contribution in [0.1, 0.15) is 100 Å². The summed E-state index contributed by atoms with van der Waals surface area (Å²) in [5.74, 6) is 1.01. The second kappa shape index (κ2) is 11.3. The van der Waals surface area contributed by atoms with Gasteiger partial charge in [-0.25, -0.2) is 0 Å². The van der Waals surface area contributed by atoms with Crippen LogP contribution in [0, 0.1) is 0 Å². The molecule has 0 radical (unpaired) electrons. The van der Waals surface area contributed by atoms with Crippen molar-refractivity contribution in [2.45, 2.75) is 58.4 Å². The first-order chi connectivity index (χ1) is 21.9. The van der Waals surface area contributed by atoms with Gasteiger partial charge in [-0.3, -0.25) is 29.0 Å². The number of rotatable bonds is 9. The maximum atomic E-state index is 13.3. The number of benzene rings is 4. The molecule has 46 heavy (non-hydrogen) atoms. The van der Waals surface area contributed by atoms with Crippen LogP contribution < -0.4 is 9.47 Å². The highest BCUT2D eigenvalue weighted by molar-refractivity contribution is 6.22. The van der Waals surface area contributed by atoms with E-state index in [4.69, 9.17) is 9.47 Å². The van der Waals surface area contributed by atoms with Gasteiger partial charge in [0.15, 0.2) is 0 Å². The molecule has 0 saturated heterocycles. The first-order valence-electron chi connectivity index (χ1n) is 15.4. The van der Waals surface area contributed by atoms with E-state index >= 15 is 0 Å². The van der Waals surface area contributed by atoms with Crippen molar-refractivity contribution >= 4 is 23.6 Å². The molecular weight excluding hydrogens is 580 g/mol. The summed E-state index contributed by atoms with van der Waals surface area (Å²) in [5.41, 5.74) is 2.77. The van der Waals surface area contributed by atoms with Crippen LogP contribution >= 0.6 is 0 Å². The summed E-state index contributed by atoms with van der Waals surface area (Å²) in [6.45, 7) is 10.2. The molecule has 8 nitrogen and oxygen atoms in total. The normalized spacial score (nSPS) is 14.6. The van der Waals surface area contributed by atoms with Gasteiger partial charge in [0.1, 0.15) is 23.0 Å². The largest absolute Gasteiger partial charge is 0.457 e. The van der Waals surface area contributed by atoms with Crippen molar-refractivity contribution in [3.63, 3.8) is 0 Å². The molecule has 8 heteroatoms.